The van der Waals surface area contributed by atoms with Gasteiger partial charge in [0.2, 0.25) is 0 Å². The summed E-state index contributed by atoms with van der Waals surface area (Å²) in [6.45, 7) is 5.80. The Balaban J connectivity index is 1.69. The Morgan fingerprint density at radius 3 is 2.53 bits per heavy atom. The molecule has 1 saturated heterocycles. The molecule has 2 heterocycles. The number of urea groups is 1. The molecule has 11 nitrogen and oxygen atoms in total. The number of carbonyl (C=O) groups is 5. The van der Waals surface area contributed by atoms with Crippen LogP contribution in [-0.2, 0) is 20.8 Å². The molecule has 2 atom stereocenters. The first kappa shape index (κ1) is 25.2. The van der Waals surface area contributed by atoms with Gasteiger partial charge in [0.15, 0.2) is 5.78 Å². The number of likely N-dealkylation sites (N-methyl/N-ethyl adjacent to an activating group) is 1. The summed E-state index contributed by atoms with van der Waals surface area (Å²) in [5.41, 5.74) is 0.488. The second-order valence-corrected chi connectivity index (χ2v) is 8.75. The zero-order valence-electron chi connectivity index (χ0n) is 19.3. The lowest BCUT2D eigenvalue weighted by molar-refractivity contribution is -0.153. The normalized spacial score (nSPS) is 19.0. The summed E-state index contributed by atoms with van der Waals surface area (Å²) in [5.74, 6) is -4.17. The van der Waals surface area contributed by atoms with Gasteiger partial charge in [-0.3, -0.25) is 19.3 Å². The number of ketones is 1. The molecule has 0 bridgehead atoms. The Hall–Kier alpha value is -3.41. The van der Waals surface area contributed by atoms with Crippen LogP contribution in [0.5, 0.6) is 5.75 Å². The number of Topliss-reactive ketones (excluding diaryl/α,β-unsaturated/α-hetero) is 1. The first-order valence-electron chi connectivity index (χ1n) is 11.2. The van der Waals surface area contributed by atoms with E-state index in [0.717, 1.165) is 4.90 Å². The molecule has 2 aliphatic rings. The van der Waals surface area contributed by atoms with E-state index in [-0.39, 0.29) is 48.9 Å². The number of carbonyl (C=O) groups excluding carboxylic acids is 4. The fraction of sp³-hybridized carbons (Fsp3) is 0.500. The van der Waals surface area contributed by atoms with Crippen LogP contribution in [0.4, 0.5) is 4.79 Å². The zero-order chi connectivity index (χ0) is 25.2. The van der Waals surface area contributed by atoms with Crippen LogP contribution < -0.4 is 9.97 Å². The minimum Gasteiger partial charge on any atom is -0.535 e. The second kappa shape index (κ2) is 10.2. The highest BCUT2D eigenvalue weighted by Crippen LogP contribution is 2.36. The molecule has 0 aliphatic carbocycles. The smallest absolute Gasteiger partial charge is 0.526 e. The molecule has 2 aliphatic heterocycles. The highest BCUT2D eigenvalue weighted by Gasteiger charge is 2.41. The summed E-state index contributed by atoms with van der Waals surface area (Å²) in [6.07, 6.45) is 0.0750. The molecular formula is C22H28BN3O8. The van der Waals surface area contributed by atoms with Gasteiger partial charge in [0.25, 0.3) is 0 Å². The topological polar surface area (TPSA) is 154 Å². The number of carboxylic acid groups (broad SMARTS) is 1. The SMILES string of the molecule is CCN1CCN(C(=O)N[C@@H](C(=O)C[C@H]2Cc3cccc(C(=O)O)c3OB2O)C(C)C)C(=O)C1=O. The Labute approximate surface area is 197 Å². The van der Waals surface area contributed by atoms with Gasteiger partial charge in [-0.05, 0) is 30.9 Å². The molecule has 1 fully saturated rings. The van der Waals surface area contributed by atoms with E-state index in [0.29, 0.717) is 12.1 Å². The van der Waals surface area contributed by atoms with Crippen molar-refractivity contribution < 1.29 is 38.8 Å². The van der Waals surface area contributed by atoms with E-state index >= 15 is 0 Å². The van der Waals surface area contributed by atoms with Gasteiger partial charge in [-0.25, -0.2) is 9.59 Å². The van der Waals surface area contributed by atoms with E-state index in [1.807, 2.05) is 0 Å². The quantitative estimate of drug-likeness (QED) is 0.384. The first-order valence-corrected chi connectivity index (χ1v) is 11.2. The van der Waals surface area contributed by atoms with Gasteiger partial charge in [0, 0.05) is 31.9 Å². The number of fused-ring (bicyclic) bond motifs is 1. The third-order valence-electron chi connectivity index (χ3n) is 6.14. The summed E-state index contributed by atoms with van der Waals surface area (Å²) in [4.78, 5) is 63.8. The monoisotopic (exact) mass is 473 g/mol. The van der Waals surface area contributed by atoms with Crippen LogP contribution in [0.2, 0.25) is 5.82 Å². The summed E-state index contributed by atoms with van der Waals surface area (Å²) < 4.78 is 5.44. The maximum Gasteiger partial charge on any atom is 0.526 e. The number of amides is 4. The van der Waals surface area contributed by atoms with Crippen molar-refractivity contribution in [1.82, 2.24) is 15.1 Å². The largest absolute Gasteiger partial charge is 0.535 e. The summed E-state index contributed by atoms with van der Waals surface area (Å²) >= 11 is 0. The number of benzene rings is 1. The third kappa shape index (κ3) is 5.06. The van der Waals surface area contributed by atoms with E-state index in [1.165, 1.54) is 11.0 Å². The molecular weight excluding hydrogens is 445 g/mol. The average molecular weight is 473 g/mol. The minimum atomic E-state index is -1.40. The lowest BCUT2D eigenvalue weighted by atomic mass is 9.64. The van der Waals surface area contributed by atoms with E-state index < -0.39 is 42.8 Å². The first-order chi connectivity index (χ1) is 16.0. The van der Waals surface area contributed by atoms with Gasteiger partial charge in [-0.15, -0.1) is 0 Å². The number of hydrogen-bond donors (Lipinski definition) is 3. The lowest BCUT2D eigenvalue weighted by Crippen LogP contribution is -2.60. The third-order valence-corrected chi connectivity index (χ3v) is 6.14. The molecule has 3 N–H and O–H groups in total. The number of para-hydroxylation sites is 1. The van der Waals surface area contributed by atoms with Crippen LogP contribution >= 0.6 is 0 Å². The number of rotatable bonds is 7. The second-order valence-electron chi connectivity index (χ2n) is 8.75. The van der Waals surface area contributed by atoms with Crippen LogP contribution in [0.25, 0.3) is 0 Å². The van der Waals surface area contributed by atoms with Crippen molar-refractivity contribution >= 4 is 36.7 Å². The van der Waals surface area contributed by atoms with Crippen molar-refractivity contribution in [2.24, 2.45) is 5.92 Å². The van der Waals surface area contributed by atoms with Crippen molar-refractivity contribution in [3.8, 4) is 5.75 Å². The zero-order valence-corrected chi connectivity index (χ0v) is 19.3. The standard InChI is InChI=1S/C22H28BN3O8/c1-4-25-8-9-26(20(29)19(25)28)22(32)24-17(12(2)3)16(27)11-14-10-13-6-5-7-15(21(30)31)18(13)34-23(14)33/h5-7,12,14,17,33H,4,8-11H2,1-3H3,(H,24,32)(H,30,31)/t14-,17-/m1/s1. The molecule has 0 unspecified atom stereocenters. The number of piperazine rings is 1. The summed E-state index contributed by atoms with van der Waals surface area (Å²) in [6, 6.07) is 2.83. The Kier molecular flexibility index (Phi) is 7.60. The predicted molar refractivity (Wildman–Crippen MR) is 120 cm³/mol. The number of nitrogens with one attached hydrogen (secondary N) is 1. The molecule has 1 aromatic carbocycles. The number of carboxylic acids is 1. The van der Waals surface area contributed by atoms with Gasteiger partial charge in [0.1, 0.15) is 5.75 Å². The molecule has 0 saturated carbocycles. The Morgan fingerprint density at radius 1 is 1.21 bits per heavy atom. The van der Waals surface area contributed by atoms with Crippen LogP contribution in [0.3, 0.4) is 0 Å². The maximum atomic E-state index is 13.1. The summed E-state index contributed by atoms with van der Waals surface area (Å²) in [5, 5.41) is 22.3. The highest BCUT2D eigenvalue weighted by molar-refractivity contribution is 6.47. The van der Waals surface area contributed by atoms with Crippen molar-refractivity contribution in [2.45, 2.75) is 45.5 Å². The molecule has 4 amide bonds. The van der Waals surface area contributed by atoms with E-state index in [4.69, 9.17) is 4.65 Å². The average Bonchev–Trinajstić information content (AvgIpc) is 2.78. The molecule has 0 spiro atoms. The van der Waals surface area contributed by atoms with Crippen LogP contribution in [-0.4, -0.2) is 82.3 Å². The van der Waals surface area contributed by atoms with E-state index in [1.54, 1.807) is 32.9 Å². The molecule has 3 rings (SSSR count). The molecule has 0 aromatic heterocycles. The van der Waals surface area contributed by atoms with Crippen molar-refractivity contribution in [3.63, 3.8) is 0 Å². The van der Waals surface area contributed by atoms with Crippen LogP contribution in [0.15, 0.2) is 18.2 Å². The van der Waals surface area contributed by atoms with Crippen molar-refractivity contribution in [2.75, 3.05) is 19.6 Å². The Morgan fingerprint density at radius 2 is 1.91 bits per heavy atom. The molecule has 12 heteroatoms. The van der Waals surface area contributed by atoms with Crippen LogP contribution in [0.1, 0.15) is 43.1 Å². The molecule has 0 radical (unpaired) electrons. The van der Waals surface area contributed by atoms with Gasteiger partial charge in [0.05, 0.1) is 11.6 Å². The van der Waals surface area contributed by atoms with Crippen LogP contribution in [0, 0.1) is 5.92 Å². The van der Waals surface area contributed by atoms with Gasteiger partial charge >= 0.3 is 30.9 Å². The maximum absolute atomic E-state index is 13.1. The minimum absolute atomic E-state index is 0.0289. The summed E-state index contributed by atoms with van der Waals surface area (Å²) in [7, 11) is -1.40. The van der Waals surface area contributed by atoms with E-state index in [2.05, 4.69) is 5.32 Å². The molecule has 182 valence electrons. The van der Waals surface area contributed by atoms with Gasteiger partial charge in [-0.1, -0.05) is 26.0 Å². The number of aromatic carboxylic acids is 1. The lowest BCUT2D eigenvalue weighted by Gasteiger charge is -2.33. The number of imide groups is 1. The van der Waals surface area contributed by atoms with E-state index in [9.17, 15) is 34.1 Å². The highest BCUT2D eigenvalue weighted by atomic mass is 16.5. The van der Waals surface area contributed by atoms with Gasteiger partial charge in [-0.2, -0.15) is 0 Å². The van der Waals surface area contributed by atoms with Crippen molar-refractivity contribution in [3.05, 3.63) is 29.3 Å². The predicted octanol–water partition coefficient (Wildman–Crippen LogP) is 0.554. The Bertz CT molecular complexity index is 1010. The fourth-order valence-corrected chi connectivity index (χ4v) is 4.21. The number of nitrogens with zero attached hydrogens (tertiary/aromatic N) is 2. The molecule has 1 aromatic rings. The fourth-order valence-electron chi connectivity index (χ4n) is 4.21. The number of hydrogen-bond acceptors (Lipinski definition) is 7. The molecule has 34 heavy (non-hydrogen) atoms. The van der Waals surface area contributed by atoms with Gasteiger partial charge < -0.3 is 25.0 Å². The van der Waals surface area contributed by atoms with Crippen molar-refractivity contribution in [1.29, 1.82) is 0 Å².